The average molecular weight is 348 g/mol. The van der Waals surface area contributed by atoms with E-state index in [9.17, 15) is 4.79 Å². The molecule has 0 bridgehead atoms. The second kappa shape index (κ2) is 7.43. The molecule has 0 aromatic carbocycles. The Kier molecular flexibility index (Phi) is 4.68. The minimum Gasteiger partial charge on any atom is -0.367 e. The van der Waals surface area contributed by atoms with Crippen LogP contribution >= 0.6 is 0 Å². The van der Waals surface area contributed by atoms with Crippen molar-refractivity contribution in [2.24, 2.45) is 0 Å². The quantitative estimate of drug-likeness (QED) is 0.780. The molecule has 1 saturated carbocycles. The molecule has 7 nitrogen and oxygen atoms in total. The Bertz CT molecular complexity index is 904. The maximum atomic E-state index is 12.3. The maximum Gasteiger partial charge on any atom is 0.267 e. The van der Waals surface area contributed by atoms with Gasteiger partial charge < -0.3 is 5.32 Å². The summed E-state index contributed by atoms with van der Waals surface area (Å²) in [5.74, 6) is 0.845. The van der Waals surface area contributed by atoms with Gasteiger partial charge in [0.1, 0.15) is 12.1 Å². The predicted molar refractivity (Wildman–Crippen MR) is 98.7 cm³/mol. The van der Waals surface area contributed by atoms with E-state index in [0.29, 0.717) is 6.04 Å². The van der Waals surface area contributed by atoms with E-state index in [1.165, 1.54) is 0 Å². The van der Waals surface area contributed by atoms with Gasteiger partial charge in [0.05, 0.1) is 11.7 Å². The first kappa shape index (κ1) is 16.4. The second-order valence-corrected chi connectivity index (χ2v) is 6.49. The fourth-order valence-electron chi connectivity index (χ4n) is 3.41. The van der Waals surface area contributed by atoms with Crippen molar-refractivity contribution in [3.63, 3.8) is 0 Å². The Labute approximate surface area is 151 Å². The molecule has 0 atom stereocenters. The van der Waals surface area contributed by atoms with Crippen LogP contribution < -0.4 is 10.9 Å². The van der Waals surface area contributed by atoms with Crippen molar-refractivity contribution >= 4 is 5.82 Å². The third kappa shape index (κ3) is 3.61. The third-order valence-electron chi connectivity index (χ3n) is 4.76. The fourth-order valence-corrected chi connectivity index (χ4v) is 3.41. The molecule has 0 unspecified atom stereocenters. The molecule has 0 amide bonds. The van der Waals surface area contributed by atoms with Crippen molar-refractivity contribution in [2.45, 2.75) is 37.8 Å². The Morgan fingerprint density at radius 1 is 1.00 bits per heavy atom. The number of hydrogen-bond donors (Lipinski definition) is 1. The summed E-state index contributed by atoms with van der Waals surface area (Å²) in [6.07, 6.45) is 10.5. The normalized spacial score (nSPS) is 19.8. The third-order valence-corrected chi connectivity index (χ3v) is 4.76. The van der Waals surface area contributed by atoms with E-state index in [0.717, 1.165) is 42.8 Å². The summed E-state index contributed by atoms with van der Waals surface area (Å²) in [4.78, 5) is 24.6. The van der Waals surface area contributed by atoms with Crippen molar-refractivity contribution in [1.29, 1.82) is 0 Å². The molecule has 1 aliphatic rings. The first-order valence-electron chi connectivity index (χ1n) is 8.82. The molecular formula is C19H20N6O. The topological polar surface area (TPSA) is 85.6 Å². The lowest BCUT2D eigenvalue weighted by molar-refractivity contribution is 0.304. The molecule has 3 heterocycles. The number of hydrogen-bond acceptors (Lipinski definition) is 6. The van der Waals surface area contributed by atoms with Crippen LogP contribution in [0.15, 0.2) is 60.0 Å². The van der Waals surface area contributed by atoms with Gasteiger partial charge >= 0.3 is 0 Å². The van der Waals surface area contributed by atoms with Gasteiger partial charge in [-0.1, -0.05) is 0 Å². The van der Waals surface area contributed by atoms with E-state index in [-0.39, 0.29) is 11.6 Å². The SMILES string of the molecule is O=c1ccc(-c2cccnc2)nn1C1CCC(Nc2ccncn2)CC1. The van der Waals surface area contributed by atoms with Crippen LogP contribution in [0.1, 0.15) is 31.7 Å². The lowest BCUT2D eigenvalue weighted by Crippen LogP contribution is -2.33. The van der Waals surface area contributed by atoms with E-state index >= 15 is 0 Å². The van der Waals surface area contributed by atoms with E-state index in [1.54, 1.807) is 41.7 Å². The molecule has 0 radical (unpaired) electrons. The van der Waals surface area contributed by atoms with Gasteiger partial charge in [-0.3, -0.25) is 9.78 Å². The van der Waals surface area contributed by atoms with Gasteiger partial charge in [-0.15, -0.1) is 0 Å². The van der Waals surface area contributed by atoms with Crippen LogP contribution in [-0.2, 0) is 0 Å². The smallest absolute Gasteiger partial charge is 0.267 e. The number of nitrogens with zero attached hydrogens (tertiary/aromatic N) is 5. The zero-order valence-corrected chi connectivity index (χ0v) is 14.3. The highest BCUT2D eigenvalue weighted by Gasteiger charge is 2.24. The van der Waals surface area contributed by atoms with Gasteiger partial charge in [0.2, 0.25) is 0 Å². The molecule has 0 spiro atoms. The van der Waals surface area contributed by atoms with Crippen LogP contribution in [0.2, 0.25) is 0 Å². The Hall–Kier alpha value is -3.09. The van der Waals surface area contributed by atoms with Crippen LogP contribution in [0.4, 0.5) is 5.82 Å². The highest BCUT2D eigenvalue weighted by molar-refractivity contribution is 5.56. The van der Waals surface area contributed by atoms with Crippen LogP contribution in [0.25, 0.3) is 11.3 Å². The lowest BCUT2D eigenvalue weighted by Gasteiger charge is -2.29. The largest absolute Gasteiger partial charge is 0.367 e. The highest BCUT2D eigenvalue weighted by Crippen LogP contribution is 2.29. The van der Waals surface area contributed by atoms with Gasteiger partial charge in [-0.05, 0) is 49.9 Å². The Balaban J connectivity index is 1.47. The van der Waals surface area contributed by atoms with Crippen molar-refractivity contribution in [1.82, 2.24) is 24.7 Å². The molecule has 26 heavy (non-hydrogen) atoms. The number of aromatic nitrogens is 5. The average Bonchev–Trinajstić information content (AvgIpc) is 2.71. The molecule has 1 fully saturated rings. The standard InChI is InChI=1S/C19H20N6O/c26-19-8-7-17(14-2-1-10-20-12-14)24-25(19)16-5-3-15(4-6-16)23-18-9-11-21-13-22-18/h1-2,7-13,15-16H,3-6H2,(H,21,22,23). The minimum atomic E-state index is -0.0511. The minimum absolute atomic E-state index is 0.0511. The number of rotatable bonds is 4. The Morgan fingerprint density at radius 3 is 2.62 bits per heavy atom. The van der Waals surface area contributed by atoms with Gasteiger partial charge in [-0.2, -0.15) is 5.10 Å². The van der Waals surface area contributed by atoms with E-state index in [1.807, 2.05) is 18.2 Å². The molecule has 7 heteroatoms. The number of nitrogens with one attached hydrogen (secondary N) is 1. The summed E-state index contributed by atoms with van der Waals surface area (Å²) in [7, 11) is 0. The van der Waals surface area contributed by atoms with Crippen LogP contribution in [0, 0.1) is 0 Å². The molecule has 1 N–H and O–H groups in total. The molecular weight excluding hydrogens is 328 g/mol. The molecule has 0 saturated heterocycles. The van der Waals surface area contributed by atoms with E-state index in [2.05, 4.69) is 25.4 Å². The molecule has 0 aliphatic heterocycles. The molecule has 3 aromatic heterocycles. The summed E-state index contributed by atoms with van der Waals surface area (Å²) in [5.41, 5.74) is 1.64. The molecule has 1 aliphatic carbocycles. The number of anilines is 1. The van der Waals surface area contributed by atoms with Crippen molar-refractivity contribution in [3.05, 3.63) is 65.6 Å². The summed E-state index contributed by atoms with van der Waals surface area (Å²) >= 11 is 0. The van der Waals surface area contributed by atoms with Gasteiger partial charge in [0.25, 0.3) is 5.56 Å². The highest BCUT2D eigenvalue weighted by atomic mass is 16.1. The molecule has 4 rings (SSSR count). The zero-order valence-electron chi connectivity index (χ0n) is 14.3. The van der Waals surface area contributed by atoms with Crippen molar-refractivity contribution in [3.8, 4) is 11.3 Å². The van der Waals surface area contributed by atoms with Gasteiger partial charge in [-0.25, -0.2) is 14.6 Å². The van der Waals surface area contributed by atoms with Gasteiger partial charge in [0.15, 0.2) is 0 Å². The maximum absolute atomic E-state index is 12.3. The molecule has 3 aromatic rings. The predicted octanol–water partition coefficient (Wildman–Crippen LogP) is 2.69. The van der Waals surface area contributed by atoms with E-state index in [4.69, 9.17) is 0 Å². The first-order valence-corrected chi connectivity index (χ1v) is 8.82. The summed E-state index contributed by atoms with van der Waals surface area (Å²) in [6.45, 7) is 0. The second-order valence-electron chi connectivity index (χ2n) is 6.49. The van der Waals surface area contributed by atoms with Crippen LogP contribution in [0.5, 0.6) is 0 Å². The fraction of sp³-hybridized carbons (Fsp3) is 0.316. The van der Waals surface area contributed by atoms with E-state index < -0.39 is 0 Å². The van der Waals surface area contributed by atoms with Crippen LogP contribution in [-0.4, -0.2) is 30.8 Å². The summed E-state index contributed by atoms with van der Waals surface area (Å²) < 4.78 is 1.64. The van der Waals surface area contributed by atoms with Crippen molar-refractivity contribution in [2.75, 3.05) is 5.32 Å². The zero-order chi connectivity index (χ0) is 17.8. The van der Waals surface area contributed by atoms with Gasteiger partial charge in [0, 0.05) is 36.3 Å². The summed E-state index contributed by atoms with van der Waals surface area (Å²) in [6, 6.07) is 9.54. The lowest BCUT2D eigenvalue weighted by atomic mass is 9.91. The Morgan fingerprint density at radius 2 is 1.88 bits per heavy atom. The van der Waals surface area contributed by atoms with Crippen LogP contribution in [0.3, 0.4) is 0 Å². The molecule has 132 valence electrons. The first-order chi connectivity index (χ1) is 12.8. The number of pyridine rings is 1. The van der Waals surface area contributed by atoms with Crippen molar-refractivity contribution < 1.29 is 0 Å². The monoisotopic (exact) mass is 348 g/mol. The summed E-state index contributed by atoms with van der Waals surface area (Å²) in [5, 5.41) is 8.04.